The molecule has 0 spiro atoms. The lowest BCUT2D eigenvalue weighted by Gasteiger charge is -2.26. The van der Waals surface area contributed by atoms with Gasteiger partial charge in [0.15, 0.2) is 0 Å². The fourth-order valence-electron chi connectivity index (χ4n) is 2.20. The van der Waals surface area contributed by atoms with Gasteiger partial charge in [0.2, 0.25) is 0 Å². The minimum Gasteiger partial charge on any atom is -0.389 e. The van der Waals surface area contributed by atoms with Gasteiger partial charge in [-0.2, -0.15) is 10.1 Å². The zero-order chi connectivity index (χ0) is 14.9. The Balaban J connectivity index is 2.39. The van der Waals surface area contributed by atoms with Gasteiger partial charge in [-0.3, -0.25) is 4.79 Å². The topological polar surface area (TPSA) is 83.6 Å². The van der Waals surface area contributed by atoms with Gasteiger partial charge in [-0.25, -0.2) is 9.50 Å². The van der Waals surface area contributed by atoms with Crippen LogP contribution in [0, 0.1) is 0 Å². The van der Waals surface area contributed by atoms with Crippen LogP contribution in [0.4, 0.5) is 0 Å². The molecule has 2 aromatic heterocycles. The van der Waals surface area contributed by atoms with Crippen LogP contribution in [0.5, 0.6) is 0 Å². The highest BCUT2D eigenvalue weighted by molar-refractivity contribution is 5.95. The van der Waals surface area contributed by atoms with Crippen LogP contribution in [0.2, 0.25) is 0 Å². The molecule has 0 unspecified atom stereocenters. The number of aryl methyl sites for hydroxylation is 1. The normalized spacial score (nSPS) is 11.8. The molecule has 20 heavy (non-hydrogen) atoms. The third-order valence-electron chi connectivity index (χ3n) is 2.94. The molecule has 0 fully saturated rings. The number of nitrogens with zero attached hydrogens (tertiary/aromatic N) is 5. The fourth-order valence-corrected chi connectivity index (χ4v) is 2.20. The van der Waals surface area contributed by atoms with Crippen molar-refractivity contribution < 1.29 is 9.90 Å². The third-order valence-corrected chi connectivity index (χ3v) is 2.94. The number of hydrogen-bond donors (Lipinski definition) is 1. The van der Waals surface area contributed by atoms with Crippen molar-refractivity contribution in [2.24, 2.45) is 0 Å². The molecule has 7 nitrogen and oxygen atoms in total. The second kappa shape index (κ2) is 5.16. The number of carbonyl (C=O) groups is 1. The van der Waals surface area contributed by atoms with Crippen molar-refractivity contribution in [3.8, 4) is 0 Å². The molecule has 1 amide bonds. The van der Waals surface area contributed by atoms with Crippen molar-refractivity contribution in [1.29, 1.82) is 0 Å². The Labute approximate surface area is 117 Å². The van der Waals surface area contributed by atoms with E-state index in [1.165, 1.54) is 17.4 Å². The lowest BCUT2D eigenvalue weighted by atomic mass is 10.1. The number of carbonyl (C=O) groups excluding carboxylic acids is 1. The molecule has 7 heteroatoms. The van der Waals surface area contributed by atoms with E-state index in [0.717, 1.165) is 5.69 Å². The summed E-state index contributed by atoms with van der Waals surface area (Å²) >= 11 is 0. The van der Waals surface area contributed by atoms with E-state index in [1.54, 1.807) is 25.4 Å². The van der Waals surface area contributed by atoms with Crippen molar-refractivity contribution in [1.82, 2.24) is 24.5 Å². The molecule has 0 atom stereocenters. The number of amides is 1. The average molecular weight is 277 g/mol. The molecule has 2 heterocycles. The maximum atomic E-state index is 12.5. The van der Waals surface area contributed by atoms with E-state index < -0.39 is 5.60 Å². The summed E-state index contributed by atoms with van der Waals surface area (Å²) in [5.74, 6) is 0.289. The Hall–Kier alpha value is -2.02. The molecule has 108 valence electrons. The molecule has 0 aliphatic carbocycles. The van der Waals surface area contributed by atoms with Crippen molar-refractivity contribution >= 4 is 11.7 Å². The van der Waals surface area contributed by atoms with E-state index in [0.29, 0.717) is 17.8 Å². The molecule has 0 aliphatic heterocycles. The molecule has 1 N–H and O–H groups in total. The maximum absolute atomic E-state index is 12.5. The minimum absolute atomic E-state index is 0.186. The van der Waals surface area contributed by atoms with Gasteiger partial charge in [0.05, 0.1) is 16.9 Å². The molecular weight excluding hydrogens is 258 g/mol. The van der Waals surface area contributed by atoms with Gasteiger partial charge >= 0.3 is 0 Å². The first-order valence-corrected chi connectivity index (χ1v) is 6.49. The Kier molecular flexibility index (Phi) is 3.71. The van der Waals surface area contributed by atoms with Gasteiger partial charge in [0.25, 0.3) is 11.7 Å². The van der Waals surface area contributed by atoms with E-state index in [4.69, 9.17) is 0 Å². The Morgan fingerprint density at radius 3 is 2.75 bits per heavy atom. The first-order chi connectivity index (χ1) is 9.33. The number of rotatable bonds is 4. The van der Waals surface area contributed by atoms with E-state index in [9.17, 15) is 9.90 Å². The second-order valence-electron chi connectivity index (χ2n) is 5.42. The predicted molar refractivity (Wildman–Crippen MR) is 73.4 cm³/mol. The first kappa shape index (κ1) is 14.4. The molecule has 0 saturated heterocycles. The molecule has 0 aromatic carbocycles. The van der Waals surface area contributed by atoms with Crippen molar-refractivity contribution in [3.05, 3.63) is 23.8 Å². The fraction of sp³-hybridized carbons (Fsp3) is 0.538. The van der Waals surface area contributed by atoms with Crippen LogP contribution in [-0.4, -0.2) is 54.7 Å². The molecule has 0 radical (unpaired) electrons. The third kappa shape index (κ3) is 2.77. The molecule has 0 saturated carbocycles. The number of likely N-dealkylation sites (N-methyl/N-ethyl adjacent to an activating group) is 1. The Bertz CT molecular complexity index is 629. The smallest absolute Gasteiger partial charge is 0.257 e. The largest absolute Gasteiger partial charge is 0.389 e. The zero-order valence-corrected chi connectivity index (χ0v) is 12.2. The molecule has 2 rings (SSSR count). The van der Waals surface area contributed by atoms with Crippen molar-refractivity contribution in [2.45, 2.75) is 32.8 Å². The zero-order valence-electron chi connectivity index (χ0n) is 12.2. The van der Waals surface area contributed by atoms with Crippen LogP contribution in [-0.2, 0) is 6.42 Å². The monoisotopic (exact) mass is 277 g/mol. The first-order valence-electron chi connectivity index (χ1n) is 6.49. The van der Waals surface area contributed by atoms with E-state index in [-0.39, 0.29) is 12.5 Å². The van der Waals surface area contributed by atoms with Crippen LogP contribution < -0.4 is 0 Å². The highest BCUT2D eigenvalue weighted by Gasteiger charge is 2.23. The van der Waals surface area contributed by atoms with Crippen LogP contribution in [0.15, 0.2) is 12.5 Å². The van der Waals surface area contributed by atoms with E-state index in [1.807, 2.05) is 6.92 Å². The van der Waals surface area contributed by atoms with Crippen molar-refractivity contribution in [2.75, 3.05) is 13.6 Å². The van der Waals surface area contributed by atoms with Gasteiger partial charge in [-0.15, -0.1) is 0 Å². The summed E-state index contributed by atoms with van der Waals surface area (Å²) in [6.45, 7) is 5.51. The van der Waals surface area contributed by atoms with E-state index >= 15 is 0 Å². The molecule has 0 bridgehead atoms. The number of aromatic nitrogens is 4. The van der Waals surface area contributed by atoms with Gasteiger partial charge in [0.1, 0.15) is 6.33 Å². The summed E-state index contributed by atoms with van der Waals surface area (Å²) in [7, 11) is 1.66. The summed E-state index contributed by atoms with van der Waals surface area (Å²) in [6.07, 6.45) is 3.57. The quantitative estimate of drug-likeness (QED) is 0.881. The van der Waals surface area contributed by atoms with Crippen molar-refractivity contribution in [3.63, 3.8) is 0 Å². The average Bonchev–Trinajstić information content (AvgIpc) is 2.82. The summed E-state index contributed by atoms with van der Waals surface area (Å²) < 4.78 is 1.57. The van der Waals surface area contributed by atoms with Gasteiger partial charge in [-0.05, 0) is 20.3 Å². The second-order valence-corrected chi connectivity index (χ2v) is 5.42. The SMILES string of the molecule is CCc1c(C(=O)N(C)CC(C)(C)O)cnc2ncnn12. The van der Waals surface area contributed by atoms with Crippen LogP contribution in [0.3, 0.4) is 0 Å². The van der Waals surface area contributed by atoms with Crippen LogP contribution in [0.1, 0.15) is 36.8 Å². The highest BCUT2D eigenvalue weighted by atomic mass is 16.3. The van der Waals surface area contributed by atoms with Gasteiger partial charge in [-0.1, -0.05) is 6.92 Å². The summed E-state index contributed by atoms with van der Waals surface area (Å²) in [5.41, 5.74) is 0.305. The number of fused-ring (bicyclic) bond motifs is 1. The summed E-state index contributed by atoms with van der Waals surface area (Å²) in [4.78, 5) is 22.1. The van der Waals surface area contributed by atoms with Crippen LogP contribution >= 0.6 is 0 Å². The van der Waals surface area contributed by atoms with Crippen LogP contribution in [0.25, 0.3) is 5.78 Å². The highest BCUT2D eigenvalue weighted by Crippen LogP contribution is 2.13. The number of hydrogen-bond acceptors (Lipinski definition) is 5. The van der Waals surface area contributed by atoms with Gasteiger partial charge < -0.3 is 10.0 Å². The van der Waals surface area contributed by atoms with Gasteiger partial charge in [0, 0.05) is 19.8 Å². The Morgan fingerprint density at radius 1 is 1.45 bits per heavy atom. The lowest BCUT2D eigenvalue weighted by Crippen LogP contribution is -2.40. The number of aliphatic hydroxyl groups is 1. The summed E-state index contributed by atoms with van der Waals surface area (Å²) in [6, 6.07) is 0. The Morgan fingerprint density at radius 2 is 2.15 bits per heavy atom. The lowest BCUT2D eigenvalue weighted by molar-refractivity contribution is 0.0366. The maximum Gasteiger partial charge on any atom is 0.257 e. The molecule has 0 aliphatic rings. The standard InChI is InChI=1S/C13H19N5O2/c1-5-10-9(6-14-12-15-8-16-18(10)12)11(19)17(4)7-13(2,3)20/h6,8,20H,5,7H2,1-4H3. The molecular formula is C13H19N5O2. The summed E-state index contributed by atoms with van der Waals surface area (Å²) in [5, 5.41) is 13.9. The van der Waals surface area contributed by atoms with E-state index in [2.05, 4.69) is 15.1 Å². The minimum atomic E-state index is -0.943. The predicted octanol–water partition coefficient (Wildman–Crippen LogP) is 0.530. The molecule has 2 aromatic rings.